The Hall–Kier alpha value is -2.86. The third-order valence-electron chi connectivity index (χ3n) is 6.02. The minimum atomic E-state index is 0.610. The van der Waals surface area contributed by atoms with Crippen molar-refractivity contribution in [1.82, 2.24) is 19.7 Å². The van der Waals surface area contributed by atoms with Crippen molar-refractivity contribution in [1.29, 1.82) is 0 Å². The van der Waals surface area contributed by atoms with Gasteiger partial charge in [-0.15, -0.1) is 5.10 Å². The molecule has 0 aliphatic carbocycles. The smallest absolute Gasteiger partial charge is 0.246 e. The first kappa shape index (κ1) is 17.3. The van der Waals surface area contributed by atoms with Crippen LogP contribution in [-0.4, -0.2) is 52.4 Å². The van der Waals surface area contributed by atoms with Gasteiger partial charge in [0.05, 0.1) is 5.69 Å². The van der Waals surface area contributed by atoms with Crippen LogP contribution in [0.25, 0.3) is 5.69 Å². The first-order valence-corrected chi connectivity index (χ1v) is 9.97. The van der Waals surface area contributed by atoms with E-state index in [1.54, 1.807) is 11.0 Å². The Balaban J connectivity index is 1.35. The molecule has 3 aromatic rings. The Morgan fingerprint density at radius 2 is 1.89 bits per heavy atom. The lowest BCUT2D eigenvalue weighted by Gasteiger charge is -2.23. The Morgan fingerprint density at radius 1 is 1.04 bits per heavy atom. The van der Waals surface area contributed by atoms with Gasteiger partial charge in [0.25, 0.3) is 0 Å². The number of anilines is 3. The van der Waals surface area contributed by atoms with Gasteiger partial charge in [0, 0.05) is 30.5 Å². The molecule has 0 bridgehead atoms. The Bertz CT molecular complexity index is 966. The number of para-hydroxylation sites is 1. The largest absolute Gasteiger partial charge is 0.370 e. The molecule has 5 rings (SSSR count). The zero-order chi connectivity index (χ0) is 19.1. The summed E-state index contributed by atoms with van der Waals surface area (Å²) in [6.45, 7) is 5.65. The van der Waals surface area contributed by atoms with Crippen molar-refractivity contribution in [3.05, 3.63) is 60.4 Å². The molecule has 2 aliphatic rings. The van der Waals surface area contributed by atoms with E-state index in [9.17, 15) is 0 Å². The normalized spacial score (nSPS) is 21.9. The van der Waals surface area contributed by atoms with Gasteiger partial charge in [0.15, 0.2) is 0 Å². The minimum absolute atomic E-state index is 0.610. The highest BCUT2D eigenvalue weighted by molar-refractivity contribution is 5.64. The van der Waals surface area contributed by atoms with Crippen molar-refractivity contribution in [2.45, 2.75) is 19.4 Å². The third-order valence-corrected chi connectivity index (χ3v) is 6.02. The van der Waals surface area contributed by atoms with Crippen LogP contribution < -0.4 is 10.2 Å². The summed E-state index contributed by atoms with van der Waals surface area (Å²) in [5.74, 6) is 1.41. The van der Waals surface area contributed by atoms with Crippen molar-refractivity contribution in [2.75, 3.05) is 36.9 Å². The molecule has 0 saturated carbocycles. The van der Waals surface area contributed by atoms with Gasteiger partial charge in [0.1, 0.15) is 6.33 Å². The van der Waals surface area contributed by atoms with Gasteiger partial charge in [-0.1, -0.05) is 18.2 Å². The SMILES string of the molecule is Cc1cc(Nc2ncn(-c3ccccc3)n2)cc(N2C[C@H]3CCN(C)[C@H]3C2)c1. The van der Waals surface area contributed by atoms with E-state index in [1.165, 1.54) is 24.2 Å². The second-order valence-corrected chi connectivity index (χ2v) is 8.03. The van der Waals surface area contributed by atoms with Gasteiger partial charge in [-0.05, 0) is 68.8 Å². The van der Waals surface area contributed by atoms with Crippen LogP contribution in [0.1, 0.15) is 12.0 Å². The topological polar surface area (TPSA) is 49.2 Å². The number of nitrogens with zero attached hydrogens (tertiary/aromatic N) is 5. The molecule has 2 fully saturated rings. The average molecular weight is 374 g/mol. The van der Waals surface area contributed by atoms with Gasteiger partial charge in [-0.2, -0.15) is 4.98 Å². The molecule has 2 aromatic carbocycles. The van der Waals surface area contributed by atoms with Crippen LogP contribution in [0.3, 0.4) is 0 Å². The molecule has 2 aliphatic heterocycles. The molecule has 0 amide bonds. The number of likely N-dealkylation sites (tertiary alicyclic amines) is 1. The number of rotatable bonds is 4. The van der Waals surface area contributed by atoms with E-state index in [0.29, 0.717) is 12.0 Å². The fourth-order valence-corrected chi connectivity index (χ4v) is 4.56. The second-order valence-electron chi connectivity index (χ2n) is 8.03. The Morgan fingerprint density at radius 3 is 2.71 bits per heavy atom. The maximum atomic E-state index is 4.56. The molecule has 0 radical (unpaired) electrons. The second kappa shape index (κ2) is 6.95. The standard InChI is InChI=1S/C22H26N6/c1-16-10-18(24-22-23-15-28(25-22)19-6-4-3-5-7-19)12-20(11-16)27-13-17-8-9-26(2)21(17)14-27/h3-7,10-12,15,17,21H,8-9,13-14H2,1-2H3,(H,24,25)/t17-,21+/m1/s1. The van der Waals surface area contributed by atoms with E-state index in [2.05, 4.69) is 57.4 Å². The van der Waals surface area contributed by atoms with E-state index in [0.717, 1.165) is 30.4 Å². The van der Waals surface area contributed by atoms with Crippen LogP contribution in [0.5, 0.6) is 0 Å². The van der Waals surface area contributed by atoms with Gasteiger partial charge < -0.3 is 15.1 Å². The van der Waals surface area contributed by atoms with E-state index in [4.69, 9.17) is 0 Å². The number of benzene rings is 2. The highest BCUT2D eigenvalue weighted by Gasteiger charge is 2.39. The summed E-state index contributed by atoms with van der Waals surface area (Å²) >= 11 is 0. The molecule has 2 saturated heterocycles. The summed E-state index contributed by atoms with van der Waals surface area (Å²) in [6.07, 6.45) is 3.06. The molecule has 1 N–H and O–H groups in total. The molecule has 28 heavy (non-hydrogen) atoms. The number of hydrogen-bond acceptors (Lipinski definition) is 5. The van der Waals surface area contributed by atoms with Crippen molar-refractivity contribution in [3.8, 4) is 5.69 Å². The number of likely N-dealkylation sites (N-methyl/N-ethyl adjacent to an activating group) is 1. The molecule has 6 heteroatoms. The summed E-state index contributed by atoms with van der Waals surface area (Å²) in [6, 6.07) is 17.4. The van der Waals surface area contributed by atoms with Gasteiger partial charge >= 0.3 is 0 Å². The number of aromatic nitrogens is 3. The van der Waals surface area contributed by atoms with Gasteiger partial charge in [-0.25, -0.2) is 4.68 Å². The number of hydrogen-bond donors (Lipinski definition) is 1. The minimum Gasteiger partial charge on any atom is -0.370 e. The fraction of sp³-hybridized carbons (Fsp3) is 0.364. The van der Waals surface area contributed by atoms with Crippen molar-refractivity contribution in [2.24, 2.45) is 5.92 Å². The molecule has 6 nitrogen and oxygen atoms in total. The predicted molar refractivity (Wildman–Crippen MR) is 113 cm³/mol. The lowest BCUT2D eigenvalue weighted by Crippen LogP contribution is -2.32. The van der Waals surface area contributed by atoms with Crippen LogP contribution in [0, 0.1) is 12.8 Å². The lowest BCUT2D eigenvalue weighted by atomic mass is 10.1. The highest BCUT2D eigenvalue weighted by Crippen LogP contribution is 2.34. The van der Waals surface area contributed by atoms with Crippen molar-refractivity contribution < 1.29 is 0 Å². The average Bonchev–Trinajstić information content (AvgIpc) is 3.40. The molecular weight excluding hydrogens is 348 g/mol. The summed E-state index contributed by atoms with van der Waals surface area (Å²) in [5.41, 5.74) is 4.56. The lowest BCUT2D eigenvalue weighted by molar-refractivity contribution is 0.310. The number of aryl methyl sites for hydroxylation is 1. The van der Waals surface area contributed by atoms with Crippen LogP contribution in [0.15, 0.2) is 54.9 Å². The fourth-order valence-electron chi connectivity index (χ4n) is 4.56. The van der Waals surface area contributed by atoms with E-state index in [-0.39, 0.29) is 0 Å². The number of fused-ring (bicyclic) bond motifs is 1. The van der Waals surface area contributed by atoms with Gasteiger partial charge in [-0.3, -0.25) is 0 Å². The monoisotopic (exact) mass is 374 g/mol. The summed E-state index contributed by atoms with van der Waals surface area (Å²) in [4.78, 5) is 9.46. The molecule has 144 valence electrons. The maximum absolute atomic E-state index is 4.56. The summed E-state index contributed by atoms with van der Waals surface area (Å²) < 4.78 is 1.79. The van der Waals surface area contributed by atoms with Crippen LogP contribution in [-0.2, 0) is 0 Å². The quantitative estimate of drug-likeness (QED) is 0.758. The van der Waals surface area contributed by atoms with Gasteiger partial charge in [0.2, 0.25) is 5.95 Å². The molecular formula is C22H26N6. The van der Waals surface area contributed by atoms with Crippen molar-refractivity contribution >= 4 is 17.3 Å². The van der Waals surface area contributed by atoms with Crippen LogP contribution in [0.4, 0.5) is 17.3 Å². The summed E-state index contributed by atoms with van der Waals surface area (Å²) in [7, 11) is 2.26. The molecule has 2 atom stereocenters. The Labute approximate surface area is 165 Å². The first-order chi connectivity index (χ1) is 13.7. The highest BCUT2D eigenvalue weighted by atomic mass is 15.4. The molecule has 0 spiro atoms. The molecule has 1 aromatic heterocycles. The predicted octanol–water partition coefficient (Wildman–Crippen LogP) is 3.46. The van der Waals surface area contributed by atoms with E-state index >= 15 is 0 Å². The third kappa shape index (κ3) is 3.24. The molecule has 3 heterocycles. The Kier molecular flexibility index (Phi) is 4.28. The van der Waals surface area contributed by atoms with Crippen LogP contribution >= 0.6 is 0 Å². The molecule has 0 unspecified atom stereocenters. The zero-order valence-electron chi connectivity index (χ0n) is 16.4. The van der Waals surface area contributed by atoms with E-state index < -0.39 is 0 Å². The summed E-state index contributed by atoms with van der Waals surface area (Å²) in [5, 5.41) is 7.94. The number of nitrogens with one attached hydrogen (secondary N) is 1. The van der Waals surface area contributed by atoms with Crippen molar-refractivity contribution in [3.63, 3.8) is 0 Å². The first-order valence-electron chi connectivity index (χ1n) is 9.97. The zero-order valence-corrected chi connectivity index (χ0v) is 16.4. The van der Waals surface area contributed by atoms with E-state index in [1.807, 2.05) is 30.3 Å². The maximum Gasteiger partial charge on any atom is 0.246 e. The van der Waals surface area contributed by atoms with Crippen LogP contribution in [0.2, 0.25) is 0 Å².